The average molecular weight is 449 g/mol. The summed E-state index contributed by atoms with van der Waals surface area (Å²) in [6, 6.07) is 13.6. The molecular weight excluding hydrogens is 426 g/mol. The number of rotatable bonds is 5. The number of likely N-dealkylation sites (tertiary alicyclic amines) is 1. The second kappa shape index (κ2) is 8.48. The molecule has 1 aromatic heterocycles. The van der Waals surface area contributed by atoms with E-state index in [2.05, 4.69) is 10.2 Å². The molecule has 0 bridgehead atoms. The van der Waals surface area contributed by atoms with E-state index in [0.29, 0.717) is 29.5 Å². The van der Waals surface area contributed by atoms with Gasteiger partial charge in [-0.05, 0) is 41.8 Å². The first-order valence-corrected chi connectivity index (χ1v) is 10.5. The van der Waals surface area contributed by atoms with Crippen molar-refractivity contribution >= 4 is 28.7 Å². The number of fused-ring (bicyclic) bond motifs is 1. The van der Waals surface area contributed by atoms with Gasteiger partial charge >= 0.3 is 6.09 Å². The molecule has 0 aliphatic carbocycles. The molecule has 4 rings (SSSR count). The van der Waals surface area contributed by atoms with Gasteiger partial charge < -0.3 is 14.8 Å². The molecule has 0 saturated carbocycles. The Morgan fingerprint density at radius 1 is 1.19 bits per heavy atom. The molecule has 1 fully saturated rings. The van der Waals surface area contributed by atoms with Gasteiger partial charge in [-0.3, -0.25) is 4.90 Å². The van der Waals surface area contributed by atoms with Crippen molar-refractivity contribution in [1.29, 1.82) is 0 Å². The van der Waals surface area contributed by atoms with Gasteiger partial charge in [0.1, 0.15) is 5.76 Å². The highest BCUT2D eigenvalue weighted by atomic mass is 35.5. The van der Waals surface area contributed by atoms with Crippen LogP contribution in [0.5, 0.6) is 0 Å². The fourth-order valence-electron chi connectivity index (χ4n) is 3.98. The Balaban J connectivity index is 1.52. The quantitative estimate of drug-likeness (QED) is 0.479. The molecule has 1 atom stereocenters. The maximum absolute atomic E-state index is 13.4. The van der Waals surface area contributed by atoms with Crippen LogP contribution in [0, 0.1) is 0 Å². The number of hydrogen-bond acceptors (Lipinski definition) is 3. The van der Waals surface area contributed by atoms with E-state index in [1.54, 1.807) is 6.07 Å². The van der Waals surface area contributed by atoms with Gasteiger partial charge in [0.05, 0.1) is 11.6 Å². The summed E-state index contributed by atoms with van der Waals surface area (Å²) in [5, 5.41) is 12.3. The lowest BCUT2D eigenvalue weighted by atomic mass is 9.98. The standard InChI is InChI=1S/C23H23ClF2N2O3/c1-14(28-8-6-23(25,26)7-9-28)15-2-4-16(5-3-15)17-10-18-11-19(13-27-22(29)30)31-21(18)20(24)12-17/h2-5,10-12,14,27H,6-9,13H2,1H3,(H,29,30). The molecule has 31 heavy (non-hydrogen) atoms. The van der Waals surface area contributed by atoms with Gasteiger partial charge in [-0.15, -0.1) is 0 Å². The third kappa shape index (κ3) is 4.83. The maximum atomic E-state index is 13.4. The molecule has 3 aromatic rings. The Morgan fingerprint density at radius 2 is 1.87 bits per heavy atom. The minimum atomic E-state index is -2.55. The van der Waals surface area contributed by atoms with Crippen molar-refractivity contribution in [3.63, 3.8) is 0 Å². The zero-order chi connectivity index (χ0) is 22.2. The molecule has 1 saturated heterocycles. The number of amides is 1. The molecule has 5 nitrogen and oxygen atoms in total. The van der Waals surface area contributed by atoms with E-state index in [0.717, 1.165) is 22.1 Å². The Hall–Kier alpha value is -2.64. The van der Waals surface area contributed by atoms with Gasteiger partial charge in [0, 0.05) is 37.4 Å². The number of alkyl halides is 2. The van der Waals surface area contributed by atoms with Gasteiger partial charge in [-0.25, -0.2) is 13.6 Å². The number of halogens is 3. The van der Waals surface area contributed by atoms with Gasteiger partial charge in [0.2, 0.25) is 0 Å². The molecule has 1 amide bonds. The van der Waals surface area contributed by atoms with Gasteiger partial charge in [0.15, 0.2) is 5.58 Å². The Morgan fingerprint density at radius 3 is 2.52 bits per heavy atom. The van der Waals surface area contributed by atoms with Crippen molar-refractivity contribution in [2.45, 2.75) is 38.3 Å². The van der Waals surface area contributed by atoms with Crippen LogP contribution in [0.25, 0.3) is 22.1 Å². The summed E-state index contributed by atoms with van der Waals surface area (Å²) < 4.78 is 32.5. The summed E-state index contributed by atoms with van der Waals surface area (Å²) in [6.07, 6.45) is -1.31. The van der Waals surface area contributed by atoms with E-state index < -0.39 is 12.0 Å². The molecule has 1 aliphatic heterocycles. The predicted molar refractivity (Wildman–Crippen MR) is 116 cm³/mol. The van der Waals surface area contributed by atoms with Crippen LogP contribution in [-0.4, -0.2) is 35.1 Å². The van der Waals surface area contributed by atoms with Crippen LogP contribution in [0.4, 0.5) is 13.6 Å². The van der Waals surface area contributed by atoms with Crippen LogP contribution in [0.2, 0.25) is 5.02 Å². The first kappa shape index (κ1) is 21.6. The van der Waals surface area contributed by atoms with Crippen LogP contribution in [-0.2, 0) is 6.54 Å². The summed E-state index contributed by atoms with van der Waals surface area (Å²) in [5.74, 6) is -2.07. The second-order valence-corrected chi connectivity index (χ2v) is 8.34. The van der Waals surface area contributed by atoms with Crippen molar-refractivity contribution in [2.75, 3.05) is 13.1 Å². The molecule has 2 heterocycles. The number of benzene rings is 2. The van der Waals surface area contributed by atoms with E-state index in [1.165, 1.54) is 0 Å². The monoisotopic (exact) mass is 448 g/mol. The SMILES string of the molecule is CC(c1ccc(-c2cc(Cl)c3oc(CNC(=O)O)cc3c2)cc1)N1CCC(F)(F)CC1. The normalized spacial score (nSPS) is 17.5. The van der Waals surface area contributed by atoms with E-state index in [9.17, 15) is 13.6 Å². The highest BCUT2D eigenvalue weighted by molar-refractivity contribution is 6.35. The molecule has 1 aliphatic rings. The van der Waals surface area contributed by atoms with Gasteiger partial charge in [-0.2, -0.15) is 0 Å². The molecule has 0 radical (unpaired) electrons. The minimum Gasteiger partial charge on any atom is -0.465 e. The van der Waals surface area contributed by atoms with Gasteiger partial charge in [0.25, 0.3) is 5.92 Å². The van der Waals surface area contributed by atoms with Crippen molar-refractivity contribution in [2.24, 2.45) is 0 Å². The smallest absolute Gasteiger partial charge is 0.405 e. The number of carboxylic acid groups (broad SMARTS) is 1. The molecule has 2 aromatic carbocycles. The lowest BCUT2D eigenvalue weighted by Gasteiger charge is -2.36. The zero-order valence-corrected chi connectivity index (χ0v) is 17.8. The molecule has 164 valence electrons. The third-order valence-corrected chi connectivity index (χ3v) is 6.12. The lowest BCUT2D eigenvalue weighted by Crippen LogP contribution is -2.40. The summed E-state index contributed by atoms with van der Waals surface area (Å²) in [4.78, 5) is 12.8. The summed E-state index contributed by atoms with van der Waals surface area (Å²) >= 11 is 6.40. The number of piperidine rings is 1. The molecule has 8 heteroatoms. The third-order valence-electron chi connectivity index (χ3n) is 5.84. The molecule has 1 unspecified atom stereocenters. The van der Waals surface area contributed by atoms with Crippen LogP contribution < -0.4 is 5.32 Å². The van der Waals surface area contributed by atoms with E-state index >= 15 is 0 Å². The molecule has 0 spiro atoms. The van der Waals surface area contributed by atoms with E-state index in [1.807, 2.05) is 43.3 Å². The van der Waals surface area contributed by atoms with Crippen molar-refractivity contribution in [1.82, 2.24) is 10.2 Å². The Bertz CT molecular complexity index is 1090. The number of carbonyl (C=O) groups is 1. The van der Waals surface area contributed by atoms with Crippen molar-refractivity contribution in [3.8, 4) is 11.1 Å². The van der Waals surface area contributed by atoms with Crippen molar-refractivity contribution < 1.29 is 23.1 Å². The maximum Gasteiger partial charge on any atom is 0.405 e. The zero-order valence-electron chi connectivity index (χ0n) is 17.0. The van der Waals surface area contributed by atoms with E-state index in [-0.39, 0.29) is 25.4 Å². The molecule has 2 N–H and O–H groups in total. The summed E-state index contributed by atoms with van der Waals surface area (Å²) in [7, 11) is 0. The average Bonchev–Trinajstić information content (AvgIpc) is 3.16. The topological polar surface area (TPSA) is 65.7 Å². The van der Waals surface area contributed by atoms with Crippen molar-refractivity contribution in [3.05, 3.63) is 58.8 Å². The van der Waals surface area contributed by atoms with E-state index in [4.69, 9.17) is 21.1 Å². The first-order valence-electron chi connectivity index (χ1n) is 10.1. The number of nitrogens with one attached hydrogen (secondary N) is 1. The highest BCUT2D eigenvalue weighted by Gasteiger charge is 2.35. The first-order chi connectivity index (χ1) is 14.7. The number of hydrogen-bond donors (Lipinski definition) is 2. The fraction of sp³-hybridized carbons (Fsp3) is 0.348. The number of furan rings is 1. The summed E-state index contributed by atoms with van der Waals surface area (Å²) in [5.41, 5.74) is 3.47. The predicted octanol–water partition coefficient (Wildman–Crippen LogP) is 6.31. The summed E-state index contributed by atoms with van der Waals surface area (Å²) in [6.45, 7) is 2.88. The highest BCUT2D eigenvalue weighted by Crippen LogP contribution is 2.35. The Kier molecular flexibility index (Phi) is 5.90. The fourth-order valence-corrected chi connectivity index (χ4v) is 4.25. The lowest BCUT2D eigenvalue weighted by molar-refractivity contribution is -0.0620. The van der Waals surface area contributed by atoms with Gasteiger partial charge in [-0.1, -0.05) is 35.9 Å². The van der Waals surface area contributed by atoms with Crippen LogP contribution in [0.3, 0.4) is 0 Å². The minimum absolute atomic E-state index is 0.0602. The number of nitrogens with zero attached hydrogens (tertiary/aromatic N) is 1. The molecular formula is C23H23ClF2N2O3. The largest absolute Gasteiger partial charge is 0.465 e. The van der Waals surface area contributed by atoms with Crippen LogP contribution in [0.1, 0.15) is 37.1 Å². The Labute approximate surface area is 183 Å². The second-order valence-electron chi connectivity index (χ2n) is 7.94. The van der Waals surface area contributed by atoms with Crippen LogP contribution in [0.15, 0.2) is 46.9 Å². The van der Waals surface area contributed by atoms with Crippen LogP contribution >= 0.6 is 11.6 Å².